The van der Waals surface area contributed by atoms with Gasteiger partial charge in [-0.3, -0.25) is 4.79 Å². The zero-order valence-electron chi connectivity index (χ0n) is 11.5. The van der Waals surface area contributed by atoms with Crippen LogP contribution in [-0.2, 0) is 9.53 Å². The van der Waals surface area contributed by atoms with Crippen molar-refractivity contribution >= 4 is 34.8 Å². The standard InChI is InChI=1S/C14H18Cl2N2O3/c15-10-2-1-3-11(16)13(10)18-12(19)8-17-9-14(20)4-6-21-7-5-14/h1-3,17,20H,4-9H2,(H,18,19). The van der Waals surface area contributed by atoms with Crippen molar-refractivity contribution in [2.75, 3.05) is 31.6 Å². The lowest BCUT2D eigenvalue weighted by Gasteiger charge is -2.32. The van der Waals surface area contributed by atoms with Crippen LogP contribution >= 0.6 is 23.2 Å². The Morgan fingerprint density at radius 2 is 1.90 bits per heavy atom. The minimum Gasteiger partial charge on any atom is -0.388 e. The van der Waals surface area contributed by atoms with Gasteiger partial charge in [-0.25, -0.2) is 0 Å². The van der Waals surface area contributed by atoms with Crippen molar-refractivity contribution in [3.05, 3.63) is 28.2 Å². The Balaban J connectivity index is 1.80. The molecule has 0 radical (unpaired) electrons. The molecule has 0 saturated carbocycles. The second-order valence-corrected chi connectivity index (χ2v) is 5.90. The minimum absolute atomic E-state index is 0.0741. The highest BCUT2D eigenvalue weighted by atomic mass is 35.5. The number of nitrogens with one attached hydrogen (secondary N) is 2. The summed E-state index contributed by atoms with van der Waals surface area (Å²) in [5, 5.41) is 16.6. The molecule has 5 nitrogen and oxygen atoms in total. The number of carbonyl (C=O) groups is 1. The van der Waals surface area contributed by atoms with Gasteiger partial charge in [0, 0.05) is 32.6 Å². The van der Waals surface area contributed by atoms with Gasteiger partial charge < -0.3 is 20.5 Å². The Hall–Kier alpha value is -0.850. The number of aliphatic hydroxyl groups is 1. The first kappa shape index (κ1) is 16.5. The first-order chi connectivity index (χ1) is 10.0. The number of halogens is 2. The summed E-state index contributed by atoms with van der Waals surface area (Å²) in [7, 11) is 0. The van der Waals surface area contributed by atoms with Crippen molar-refractivity contribution in [1.82, 2.24) is 5.32 Å². The number of benzene rings is 1. The second kappa shape index (κ2) is 7.42. The van der Waals surface area contributed by atoms with Gasteiger partial charge in [0.2, 0.25) is 5.91 Å². The molecule has 0 bridgehead atoms. The maximum Gasteiger partial charge on any atom is 0.238 e. The van der Waals surface area contributed by atoms with Crippen molar-refractivity contribution in [2.24, 2.45) is 0 Å². The van der Waals surface area contributed by atoms with Crippen LogP contribution in [0.5, 0.6) is 0 Å². The van der Waals surface area contributed by atoms with E-state index in [-0.39, 0.29) is 12.5 Å². The fraction of sp³-hybridized carbons (Fsp3) is 0.500. The SMILES string of the molecule is O=C(CNCC1(O)CCOCC1)Nc1c(Cl)cccc1Cl. The highest BCUT2D eigenvalue weighted by Gasteiger charge is 2.29. The Kier molecular flexibility index (Phi) is 5.84. The molecule has 1 aliphatic heterocycles. The predicted octanol–water partition coefficient (Wildman–Crippen LogP) is 2.06. The van der Waals surface area contributed by atoms with Gasteiger partial charge in [0.1, 0.15) is 0 Å². The van der Waals surface area contributed by atoms with E-state index >= 15 is 0 Å². The summed E-state index contributed by atoms with van der Waals surface area (Å²) < 4.78 is 5.20. The van der Waals surface area contributed by atoms with E-state index in [1.165, 1.54) is 0 Å². The third-order valence-electron chi connectivity index (χ3n) is 3.39. The van der Waals surface area contributed by atoms with Crippen molar-refractivity contribution in [3.63, 3.8) is 0 Å². The van der Waals surface area contributed by atoms with Gasteiger partial charge >= 0.3 is 0 Å². The van der Waals surface area contributed by atoms with Crippen molar-refractivity contribution in [3.8, 4) is 0 Å². The molecule has 1 aliphatic rings. The second-order valence-electron chi connectivity index (χ2n) is 5.09. The average molecular weight is 333 g/mol. The fourth-order valence-corrected chi connectivity index (χ4v) is 2.63. The predicted molar refractivity (Wildman–Crippen MR) is 83.0 cm³/mol. The van der Waals surface area contributed by atoms with E-state index in [2.05, 4.69) is 10.6 Å². The lowest BCUT2D eigenvalue weighted by molar-refractivity contribution is -0.115. The summed E-state index contributed by atoms with van der Waals surface area (Å²) in [6.45, 7) is 1.50. The highest BCUT2D eigenvalue weighted by molar-refractivity contribution is 6.39. The largest absolute Gasteiger partial charge is 0.388 e. The maximum atomic E-state index is 11.9. The van der Waals surface area contributed by atoms with Crippen LogP contribution in [0.2, 0.25) is 10.0 Å². The summed E-state index contributed by atoms with van der Waals surface area (Å²) in [5.41, 5.74) is -0.405. The number of para-hydroxylation sites is 1. The highest BCUT2D eigenvalue weighted by Crippen LogP contribution is 2.29. The van der Waals surface area contributed by atoms with Gasteiger partial charge in [-0.15, -0.1) is 0 Å². The molecule has 1 amide bonds. The van der Waals surface area contributed by atoms with E-state index < -0.39 is 5.60 Å². The van der Waals surface area contributed by atoms with E-state index in [1.807, 2.05) is 0 Å². The summed E-state index contributed by atoms with van der Waals surface area (Å²) >= 11 is 12.0. The molecule has 0 spiro atoms. The molecule has 1 aromatic rings. The Labute approximate surface area is 133 Å². The summed E-state index contributed by atoms with van der Waals surface area (Å²) in [4.78, 5) is 11.9. The van der Waals surface area contributed by atoms with Crippen molar-refractivity contribution < 1.29 is 14.6 Å². The Morgan fingerprint density at radius 1 is 1.29 bits per heavy atom. The van der Waals surface area contributed by atoms with Crippen LogP contribution in [0.4, 0.5) is 5.69 Å². The van der Waals surface area contributed by atoms with Gasteiger partial charge in [-0.05, 0) is 12.1 Å². The molecule has 0 atom stereocenters. The molecular weight excluding hydrogens is 315 g/mol. The maximum absolute atomic E-state index is 11.9. The van der Waals surface area contributed by atoms with Crippen LogP contribution in [0.1, 0.15) is 12.8 Å². The van der Waals surface area contributed by atoms with E-state index in [0.29, 0.717) is 48.3 Å². The molecule has 1 saturated heterocycles. The van der Waals surface area contributed by atoms with Crippen molar-refractivity contribution in [2.45, 2.75) is 18.4 Å². The number of amides is 1. The van der Waals surface area contributed by atoms with E-state index in [4.69, 9.17) is 27.9 Å². The number of carbonyl (C=O) groups excluding carboxylic acids is 1. The zero-order valence-corrected chi connectivity index (χ0v) is 13.0. The fourth-order valence-electron chi connectivity index (χ4n) is 2.14. The van der Waals surface area contributed by atoms with Crippen LogP contribution in [-0.4, -0.2) is 42.9 Å². The molecule has 1 heterocycles. The normalized spacial score (nSPS) is 17.5. The van der Waals surface area contributed by atoms with Crippen LogP contribution in [0.25, 0.3) is 0 Å². The van der Waals surface area contributed by atoms with Gasteiger partial charge in [0.15, 0.2) is 0 Å². The van der Waals surface area contributed by atoms with E-state index in [9.17, 15) is 9.90 Å². The number of ether oxygens (including phenoxy) is 1. The van der Waals surface area contributed by atoms with E-state index in [0.717, 1.165) is 0 Å². The molecule has 1 fully saturated rings. The molecule has 1 aromatic carbocycles. The van der Waals surface area contributed by atoms with Gasteiger partial charge in [0.25, 0.3) is 0 Å². The van der Waals surface area contributed by atoms with Gasteiger partial charge in [0.05, 0.1) is 27.9 Å². The smallest absolute Gasteiger partial charge is 0.238 e. The molecule has 0 aromatic heterocycles. The lowest BCUT2D eigenvalue weighted by Crippen LogP contribution is -2.46. The molecule has 116 valence electrons. The van der Waals surface area contributed by atoms with Crippen LogP contribution in [0.3, 0.4) is 0 Å². The quantitative estimate of drug-likeness (QED) is 0.771. The molecule has 0 unspecified atom stereocenters. The van der Waals surface area contributed by atoms with Gasteiger partial charge in [-0.2, -0.15) is 0 Å². The summed E-state index contributed by atoms with van der Waals surface area (Å²) in [6, 6.07) is 5.02. The number of hydrogen-bond donors (Lipinski definition) is 3. The monoisotopic (exact) mass is 332 g/mol. The third-order valence-corrected chi connectivity index (χ3v) is 4.02. The third kappa shape index (κ3) is 4.83. The Bertz CT molecular complexity index is 485. The number of rotatable bonds is 5. The van der Waals surface area contributed by atoms with Crippen LogP contribution < -0.4 is 10.6 Å². The number of anilines is 1. The lowest BCUT2D eigenvalue weighted by atomic mass is 9.94. The van der Waals surface area contributed by atoms with Gasteiger partial charge in [-0.1, -0.05) is 29.3 Å². The molecule has 21 heavy (non-hydrogen) atoms. The first-order valence-electron chi connectivity index (χ1n) is 6.75. The van der Waals surface area contributed by atoms with Crippen molar-refractivity contribution in [1.29, 1.82) is 0 Å². The topological polar surface area (TPSA) is 70.6 Å². The van der Waals surface area contributed by atoms with E-state index in [1.54, 1.807) is 18.2 Å². The molecule has 2 rings (SSSR count). The zero-order chi connectivity index (χ0) is 15.3. The Morgan fingerprint density at radius 3 is 2.52 bits per heavy atom. The molecule has 3 N–H and O–H groups in total. The molecule has 0 aliphatic carbocycles. The number of hydrogen-bond acceptors (Lipinski definition) is 4. The summed E-state index contributed by atoms with van der Waals surface area (Å²) in [5.74, 6) is -0.263. The minimum atomic E-state index is -0.805. The molecule has 7 heteroatoms. The average Bonchev–Trinajstić information content (AvgIpc) is 2.44. The van der Waals surface area contributed by atoms with Crippen LogP contribution in [0.15, 0.2) is 18.2 Å². The summed E-state index contributed by atoms with van der Waals surface area (Å²) in [6.07, 6.45) is 1.13. The first-order valence-corrected chi connectivity index (χ1v) is 7.50. The molecular formula is C14H18Cl2N2O3. The van der Waals surface area contributed by atoms with Crippen LogP contribution in [0, 0.1) is 0 Å².